The summed E-state index contributed by atoms with van der Waals surface area (Å²) in [7, 11) is -3.61. The summed E-state index contributed by atoms with van der Waals surface area (Å²) >= 11 is 0. The van der Waals surface area contributed by atoms with E-state index in [2.05, 4.69) is 4.72 Å². The van der Waals surface area contributed by atoms with Gasteiger partial charge in [0.25, 0.3) is 0 Å². The lowest BCUT2D eigenvalue weighted by molar-refractivity contribution is 0.0537. The van der Waals surface area contributed by atoms with Crippen LogP contribution in [0, 0.1) is 0 Å². The lowest BCUT2D eigenvalue weighted by Gasteiger charge is -2.34. The lowest BCUT2D eigenvalue weighted by Crippen LogP contribution is -2.49. The van der Waals surface area contributed by atoms with Crippen LogP contribution in [0.4, 0.5) is 0 Å². The first-order chi connectivity index (χ1) is 9.90. The molecule has 21 heavy (non-hydrogen) atoms. The van der Waals surface area contributed by atoms with Crippen molar-refractivity contribution in [1.82, 2.24) is 4.72 Å². The molecule has 118 valence electrons. The molecule has 2 N–H and O–H groups in total. The number of aliphatic hydroxyl groups is 1. The van der Waals surface area contributed by atoms with E-state index in [0.717, 1.165) is 5.56 Å². The van der Waals surface area contributed by atoms with Crippen LogP contribution in [0.2, 0.25) is 0 Å². The molecule has 1 aliphatic rings. The Kier molecular flexibility index (Phi) is 5.03. The molecular formula is C15H23NO4S. The van der Waals surface area contributed by atoms with Gasteiger partial charge in [-0.1, -0.05) is 19.1 Å². The van der Waals surface area contributed by atoms with Gasteiger partial charge in [0, 0.05) is 18.8 Å². The van der Waals surface area contributed by atoms with Crippen LogP contribution in [0.25, 0.3) is 0 Å². The zero-order valence-corrected chi connectivity index (χ0v) is 13.4. The van der Waals surface area contributed by atoms with Crippen molar-refractivity contribution in [2.24, 2.45) is 0 Å². The first-order valence-corrected chi connectivity index (χ1v) is 8.73. The summed E-state index contributed by atoms with van der Waals surface area (Å²) in [6.45, 7) is 4.79. The minimum atomic E-state index is -3.61. The summed E-state index contributed by atoms with van der Waals surface area (Å²) < 4.78 is 33.6. The number of ether oxygens (including phenoxy) is 1. The van der Waals surface area contributed by atoms with Crippen LogP contribution in [0.3, 0.4) is 0 Å². The van der Waals surface area contributed by atoms with Crippen LogP contribution in [0.1, 0.15) is 37.8 Å². The van der Waals surface area contributed by atoms with E-state index >= 15 is 0 Å². The quantitative estimate of drug-likeness (QED) is 0.865. The van der Waals surface area contributed by atoms with E-state index in [0.29, 0.717) is 38.0 Å². The van der Waals surface area contributed by atoms with E-state index in [-0.39, 0.29) is 11.5 Å². The van der Waals surface area contributed by atoms with Gasteiger partial charge >= 0.3 is 0 Å². The highest BCUT2D eigenvalue weighted by Gasteiger charge is 2.33. The average Bonchev–Trinajstić information content (AvgIpc) is 2.46. The first kappa shape index (κ1) is 16.4. The van der Waals surface area contributed by atoms with E-state index in [1.54, 1.807) is 18.2 Å². The topological polar surface area (TPSA) is 75.6 Å². The lowest BCUT2D eigenvalue weighted by atomic mass is 9.94. The van der Waals surface area contributed by atoms with Crippen molar-refractivity contribution >= 4 is 10.0 Å². The Morgan fingerprint density at radius 1 is 1.33 bits per heavy atom. The summed E-state index contributed by atoms with van der Waals surface area (Å²) in [4.78, 5) is 0.268. The number of aliphatic hydroxyl groups excluding tert-OH is 1. The molecule has 0 saturated carbocycles. The van der Waals surface area contributed by atoms with Crippen LogP contribution in [0.15, 0.2) is 23.1 Å². The average molecular weight is 313 g/mol. The SMILES string of the molecule is CCc1ccc(CO)cc1S(=O)(=O)NC1(C)CCOCC1. The van der Waals surface area contributed by atoms with Crippen LogP contribution in [-0.4, -0.2) is 32.3 Å². The van der Waals surface area contributed by atoms with Crippen molar-refractivity contribution < 1.29 is 18.3 Å². The molecule has 1 heterocycles. The maximum absolute atomic E-state index is 12.7. The zero-order chi connectivity index (χ0) is 15.5. The number of nitrogens with one attached hydrogen (secondary N) is 1. The van der Waals surface area contributed by atoms with E-state index < -0.39 is 15.6 Å². The molecule has 5 nitrogen and oxygen atoms in total. The van der Waals surface area contributed by atoms with E-state index in [4.69, 9.17) is 4.74 Å². The molecule has 0 spiro atoms. The van der Waals surface area contributed by atoms with Crippen molar-refractivity contribution in [2.45, 2.75) is 50.2 Å². The third-order valence-corrected chi connectivity index (χ3v) is 5.68. The van der Waals surface area contributed by atoms with Crippen LogP contribution < -0.4 is 4.72 Å². The number of benzene rings is 1. The molecule has 0 aromatic heterocycles. The zero-order valence-electron chi connectivity index (χ0n) is 12.6. The van der Waals surface area contributed by atoms with Crippen molar-refractivity contribution in [3.05, 3.63) is 29.3 Å². The molecule has 0 bridgehead atoms. The number of sulfonamides is 1. The summed E-state index contributed by atoms with van der Waals surface area (Å²) in [6.07, 6.45) is 1.95. The maximum Gasteiger partial charge on any atom is 0.241 e. The van der Waals surface area contributed by atoms with Gasteiger partial charge in [-0.2, -0.15) is 0 Å². The number of hydrogen-bond acceptors (Lipinski definition) is 4. The predicted octanol–water partition coefficient (Wildman–Crippen LogP) is 1.59. The molecule has 2 rings (SSSR count). The van der Waals surface area contributed by atoms with Crippen molar-refractivity contribution in [2.75, 3.05) is 13.2 Å². The molecule has 1 aromatic carbocycles. The fourth-order valence-electron chi connectivity index (χ4n) is 2.54. The van der Waals surface area contributed by atoms with Crippen molar-refractivity contribution in [3.8, 4) is 0 Å². The standard InChI is InChI=1S/C15H23NO4S/c1-3-13-5-4-12(11-17)10-14(13)21(18,19)16-15(2)6-8-20-9-7-15/h4-5,10,16-17H,3,6-9,11H2,1-2H3. The Morgan fingerprint density at radius 3 is 2.57 bits per heavy atom. The molecule has 6 heteroatoms. The second-order valence-electron chi connectivity index (χ2n) is 5.73. The largest absolute Gasteiger partial charge is 0.392 e. The van der Waals surface area contributed by atoms with Gasteiger partial charge in [-0.15, -0.1) is 0 Å². The van der Waals surface area contributed by atoms with Gasteiger partial charge in [-0.25, -0.2) is 13.1 Å². The normalized spacial score (nSPS) is 18.6. The van der Waals surface area contributed by atoms with Gasteiger partial charge in [0.2, 0.25) is 10.0 Å². The third-order valence-electron chi connectivity index (χ3n) is 3.96. The van der Waals surface area contributed by atoms with Gasteiger partial charge in [0.15, 0.2) is 0 Å². The smallest absolute Gasteiger partial charge is 0.241 e. The molecule has 1 aromatic rings. The number of rotatable bonds is 5. The van der Waals surface area contributed by atoms with Crippen molar-refractivity contribution in [1.29, 1.82) is 0 Å². The Bertz CT molecular complexity index is 592. The third kappa shape index (κ3) is 3.83. The Labute approximate surface area is 126 Å². The Balaban J connectivity index is 2.34. The number of aryl methyl sites for hydroxylation is 1. The predicted molar refractivity (Wildman–Crippen MR) is 80.5 cm³/mol. The van der Waals surface area contributed by atoms with Gasteiger partial charge in [-0.3, -0.25) is 0 Å². The number of hydrogen-bond donors (Lipinski definition) is 2. The summed E-state index contributed by atoms with van der Waals surface area (Å²) in [6, 6.07) is 5.09. The highest BCUT2D eigenvalue weighted by atomic mass is 32.2. The molecule has 0 amide bonds. The molecule has 1 saturated heterocycles. The monoisotopic (exact) mass is 313 g/mol. The van der Waals surface area contributed by atoms with Gasteiger partial charge in [0.05, 0.1) is 11.5 Å². The summed E-state index contributed by atoms with van der Waals surface area (Å²) in [5.41, 5.74) is 0.886. The van der Waals surface area contributed by atoms with Crippen molar-refractivity contribution in [3.63, 3.8) is 0 Å². The summed E-state index contributed by atoms with van der Waals surface area (Å²) in [5.74, 6) is 0. The summed E-state index contributed by atoms with van der Waals surface area (Å²) in [5, 5.41) is 9.23. The van der Waals surface area contributed by atoms with Gasteiger partial charge < -0.3 is 9.84 Å². The second-order valence-corrected chi connectivity index (χ2v) is 7.38. The Morgan fingerprint density at radius 2 is 2.00 bits per heavy atom. The van der Waals surface area contributed by atoms with Gasteiger partial charge in [-0.05, 0) is 43.4 Å². The van der Waals surface area contributed by atoms with Crippen LogP contribution >= 0.6 is 0 Å². The van der Waals surface area contributed by atoms with E-state index in [1.807, 2.05) is 13.8 Å². The highest BCUT2D eigenvalue weighted by Crippen LogP contribution is 2.25. The fraction of sp³-hybridized carbons (Fsp3) is 0.600. The highest BCUT2D eigenvalue weighted by molar-refractivity contribution is 7.89. The molecule has 0 aliphatic carbocycles. The molecule has 0 radical (unpaired) electrons. The molecule has 1 aliphatic heterocycles. The minimum absolute atomic E-state index is 0.169. The fourth-order valence-corrected chi connectivity index (χ4v) is 4.37. The van der Waals surface area contributed by atoms with Gasteiger partial charge in [0.1, 0.15) is 0 Å². The molecule has 0 atom stereocenters. The molecular weight excluding hydrogens is 290 g/mol. The van der Waals surface area contributed by atoms with Crippen LogP contribution in [-0.2, 0) is 27.8 Å². The Hall–Kier alpha value is -0.950. The van der Waals surface area contributed by atoms with E-state index in [1.165, 1.54) is 0 Å². The molecule has 1 fully saturated rings. The van der Waals surface area contributed by atoms with E-state index in [9.17, 15) is 13.5 Å². The molecule has 0 unspecified atom stereocenters. The minimum Gasteiger partial charge on any atom is -0.392 e. The second kappa shape index (κ2) is 6.44. The van der Waals surface area contributed by atoms with Crippen LogP contribution in [0.5, 0.6) is 0 Å². The first-order valence-electron chi connectivity index (χ1n) is 7.24. The maximum atomic E-state index is 12.7.